The smallest absolute Gasteiger partial charge is 0.338 e. The van der Waals surface area contributed by atoms with E-state index in [9.17, 15) is 4.79 Å². The van der Waals surface area contributed by atoms with Crippen molar-refractivity contribution in [2.45, 2.75) is 24.4 Å². The molecule has 0 spiro atoms. The minimum absolute atomic E-state index is 0.637. The maximum Gasteiger partial charge on any atom is 0.338 e. The summed E-state index contributed by atoms with van der Waals surface area (Å²) in [6, 6.07) is 0. The van der Waals surface area contributed by atoms with E-state index < -0.39 is 37.0 Å². The normalized spacial score (nSPS) is 38.0. The number of rotatable bonds is 2. The first-order chi connectivity index (χ1) is 5.57. The van der Waals surface area contributed by atoms with Gasteiger partial charge in [-0.1, -0.05) is 0 Å². The van der Waals surface area contributed by atoms with E-state index in [2.05, 4.69) is 4.74 Å². The van der Waals surface area contributed by atoms with E-state index in [1.807, 2.05) is 0 Å². The summed E-state index contributed by atoms with van der Waals surface area (Å²) in [7, 11) is 0. The van der Waals surface area contributed by atoms with E-state index in [0.717, 1.165) is 0 Å². The number of aliphatic hydroxyl groups is 4. The van der Waals surface area contributed by atoms with E-state index in [1.165, 1.54) is 0 Å². The lowest BCUT2D eigenvalue weighted by atomic mass is 10.1. The molecule has 0 aromatic rings. The molecule has 0 bridgehead atoms. The average Bonchev–Trinajstić information content (AvgIpc) is 2.32. The van der Waals surface area contributed by atoms with Crippen molar-refractivity contribution in [2.75, 3.05) is 6.61 Å². The SMILES string of the molecule is O=C1OC(C(O)CO)C(O)[C@@H]1O. The minimum Gasteiger partial charge on any atom is -0.455 e. The van der Waals surface area contributed by atoms with Gasteiger partial charge in [-0.15, -0.1) is 0 Å². The monoisotopic (exact) mass is 178 g/mol. The molecule has 1 aliphatic heterocycles. The largest absolute Gasteiger partial charge is 0.455 e. The lowest BCUT2D eigenvalue weighted by molar-refractivity contribution is -0.151. The predicted molar refractivity (Wildman–Crippen MR) is 35.0 cm³/mol. The number of esters is 1. The molecule has 0 aliphatic carbocycles. The minimum atomic E-state index is -1.63. The van der Waals surface area contributed by atoms with Crippen LogP contribution in [0.5, 0.6) is 0 Å². The van der Waals surface area contributed by atoms with Crippen LogP contribution in [0.25, 0.3) is 0 Å². The predicted octanol–water partition coefficient (Wildman–Crippen LogP) is -3.01. The Morgan fingerprint density at radius 3 is 2.42 bits per heavy atom. The molecular formula is C6H10O6. The van der Waals surface area contributed by atoms with Crippen molar-refractivity contribution in [2.24, 2.45) is 0 Å². The molecule has 3 unspecified atom stereocenters. The second kappa shape index (κ2) is 3.36. The zero-order valence-corrected chi connectivity index (χ0v) is 6.12. The molecule has 1 fully saturated rings. The lowest BCUT2D eigenvalue weighted by Crippen LogP contribution is -2.40. The second-order valence-electron chi connectivity index (χ2n) is 2.59. The molecule has 0 radical (unpaired) electrons. The third-order valence-corrected chi connectivity index (χ3v) is 1.72. The molecule has 1 aliphatic rings. The van der Waals surface area contributed by atoms with Gasteiger partial charge in [0.05, 0.1) is 6.61 Å². The third-order valence-electron chi connectivity index (χ3n) is 1.72. The highest BCUT2D eigenvalue weighted by molar-refractivity contribution is 5.77. The van der Waals surface area contributed by atoms with Crippen molar-refractivity contribution in [3.8, 4) is 0 Å². The summed E-state index contributed by atoms with van der Waals surface area (Å²) >= 11 is 0. The Kier molecular flexibility index (Phi) is 2.63. The van der Waals surface area contributed by atoms with Crippen LogP contribution in [0.15, 0.2) is 0 Å². The Bertz CT molecular complexity index is 181. The Balaban J connectivity index is 2.64. The maximum absolute atomic E-state index is 10.6. The maximum atomic E-state index is 10.6. The molecule has 1 saturated heterocycles. The summed E-state index contributed by atoms with van der Waals surface area (Å²) in [5.74, 6) is -0.986. The third kappa shape index (κ3) is 1.42. The van der Waals surface area contributed by atoms with E-state index in [0.29, 0.717) is 0 Å². The van der Waals surface area contributed by atoms with Crippen molar-refractivity contribution in [3.63, 3.8) is 0 Å². The fourth-order valence-electron chi connectivity index (χ4n) is 1.00. The van der Waals surface area contributed by atoms with Crippen LogP contribution in [-0.4, -0.2) is 57.4 Å². The Morgan fingerprint density at radius 1 is 1.50 bits per heavy atom. The van der Waals surface area contributed by atoms with Gasteiger partial charge >= 0.3 is 5.97 Å². The van der Waals surface area contributed by atoms with Crippen LogP contribution in [-0.2, 0) is 9.53 Å². The number of aliphatic hydroxyl groups excluding tert-OH is 4. The summed E-state index contributed by atoms with van der Waals surface area (Å²) in [5, 5.41) is 35.3. The molecule has 70 valence electrons. The van der Waals surface area contributed by atoms with Crippen LogP contribution in [0.2, 0.25) is 0 Å². The Labute approximate surface area is 68.0 Å². The number of carbonyl (C=O) groups is 1. The molecule has 0 aromatic carbocycles. The molecule has 1 rings (SSSR count). The highest BCUT2D eigenvalue weighted by atomic mass is 16.6. The van der Waals surface area contributed by atoms with Gasteiger partial charge in [0.15, 0.2) is 12.2 Å². The fourth-order valence-corrected chi connectivity index (χ4v) is 1.00. The van der Waals surface area contributed by atoms with Crippen LogP contribution in [0, 0.1) is 0 Å². The van der Waals surface area contributed by atoms with E-state index in [1.54, 1.807) is 0 Å². The van der Waals surface area contributed by atoms with Gasteiger partial charge in [-0.3, -0.25) is 0 Å². The van der Waals surface area contributed by atoms with Gasteiger partial charge in [0.25, 0.3) is 0 Å². The molecule has 6 heteroatoms. The Hall–Kier alpha value is -0.690. The number of cyclic esters (lactones) is 1. The zero-order chi connectivity index (χ0) is 9.30. The van der Waals surface area contributed by atoms with Gasteiger partial charge in [-0.2, -0.15) is 0 Å². The number of hydrogen-bond acceptors (Lipinski definition) is 6. The number of carbonyl (C=O) groups excluding carboxylic acids is 1. The van der Waals surface area contributed by atoms with Crippen molar-refractivity contribution < 1.29 is 30.0 Å². The second-order valence-corrected chi connectivity index (χ2v) is 2.59. The number of hydrogen-bond donors (Lipinski definition) is 4. The van der Waals surface area contributed by atoms with Crippen LogP contribution in [0.1, 0.15) is 0 Å². The first kappa shape index (κ1) is 9.40. The topological polar surface area (TPSA) is 107 Å². The quantitative estimate of drug-likeness (QED) is 0.335. The summed E-state index contributed by atoms with van der Waals surface area (Å²) in [6.45, 7) is -0.637. The van der Waals surface area contributed by atoms with Crippen LogP contribution in [0.4, 0.5) is 0 Å². The van der Waals surface area contributed by atoms with Gasteiger partial charge in [0, 0.05) is 0 Å². The van der Waals surface area contributed by atoms with Crippen molar-refractivity contribution in [1.82, 2.24) is 0 Å². The van der Waals surface area contributed by atoms with Gasteiger partial charge in [0.1, 0.15) is 12.2 Å². The molecule has 6 nitrogen and oxygen atoms in total. The first-order valence-corrected chi connectivity index (χ1v) is 3.43. The summed E-state index contributed by atoms with van der Waals surface area (Å²) in [4.78, 5) is 10.6. The summed E-state index contributed by atoms with van der Waals surface area (Å²) in [6.07, 6.45) is -5.70. The van der Waals surface area contributed by atoms with Gasteiger partial charge < -0.3 is 25.2 Å². The number of ether oxygens (including phenoxy) is 1. The van der Waals surface area contributed by atoms with Gasteiger partial charge in [-0.05, 0) is 0 Å². The Morgan fingerprint density at radius 2 is 2.08 bits per heavy atom. The molecule has 12 heavy (non-hydrogen) atoms. The highest BCUT2D eigenvalue weighted by Crippen LogP contribution is 2.18. The lowest BCUT2D eigenvalue weighted by Gasteiger charge is -2.17. The van der Waals surface area contributed by atoms with Crippen LogP contribution >= 0.6 is 0 Å². The molecule has 0 saturated carbocycles. The highest BCUT2D eigenvalue weighted by Gasteiger charge is 2.45. The molecule has 4 N–H and O–H groups in total. The average molecular weight is 178 g/mol. The molecule has 4 atom stereocenters. The summed E-state index contributed by atoms with van der Waals surface area (Å²) in [5.41, 5.74) is 0. The van der Waals surface area contributed by atoms with Crippen LogP contribution in [0.3, 0.4) is 0 Å². The molecule has 0 amide bonds. The fraction of sp³-hybridized carbons (Fsp3) is 0.833. The van der Waals surface area contributed by atoms with Crippen molar-refractivity contribution in [1.29, 1.82) is 0 Å². The standard InChI is InChI=1S/C6H10O6/c7-1-2(8)5-3(9)4(10)6(11)12-5/h2-5,7-10H,1H2/t2?,3?,4-,5?/m0/s1. The van der Waals surface area contributed by atoms with Gasteiger partial charge in [0.2, 0.25) is 0 Å². The summed E-state index contributed by atoms with van der Waals surface area (Å²) < 4.78 is 4.39. The molecule has 0 aromatic heterocycles. The van der Waals surface area contributed by atoms with Crippen molar-refractivity contribution >= 4 is 5.97 Å². The molecule has 1 heterocycles. The van der Waals surface area contributed by atoms with E-state index in [4.69, 9.17) is 20.4 Å². The molecular weight excluding hydrogens is 168 g/mol. The van der Waals surface area contributed by atoms with Gasteiger partial charge in [-0.25, -0.2) is 4.79 Å². The first-order valence-electron chi connectivity index (χ1n) is 3.43. The van der Waals surface area contributed by atoms with Crippen LogP contribution < -0.4 is 0 Å². The van der Waals surface area contributed by atoms with Crippen molar-refractivity contribution in [3.05, 3.63) is 0 Å². The zero-order valence-electron chi connectivity index (χ0n) is 6.12. The van der Waals surface area contributed by atoms with E-state index in [-0.39, 0.29) is 0 Å². The van der Waals surface area contributed by atoms with E-state index >= 15 is 0 Å².